The number of Topliss-reactive ketones (excluding diaryl/α,β-unsaturated/α-hetero) is 1. The first-order chi connectivity index (χ1) is 17.4. The Morgan fingerprint density at radius 3 is 2.28 bits per heavy atom. The number of ether oxygens (including phenoxy) is 2. The number of amides is 1. The molecule has 1 aliphatic rings. The number of carbonyl (C=O) groups excluding carboxylic acids is 2. The van der Waals surface area contributed by atoms with Crippen LogP contribution in [0.3, 0.4) is 0 Å². The molecule has 0 radical (unpaired) electrons. The zero-order valence-electron chi connectivity index (χ0n) is 20.9. The number of carbonyl (C=O) groups is 2. The van der Waals surface area contributed by atoms with Gasteiger partial charge in [0.2, 0.25) is 0 Å². The first-order valence-corrected chi connectivity index (χ1v) is 12.2. The van der Waals surface area contributed by atoms with Crippen LogP contribution in [0.15, 0.2) is 78.4 Å². The lowest BCUT2D eigenvalue weighted by molar-refractivity contribution is -0.132. The fourth-order valence-electron chi connectivity index (χ4n) is 4.40. The van der Waals surface area contributed by atoms with E-state index in [9.17, 15) is 14.7 Å². The lowest BCUT2D eigenvalue weighted by Gasteiger charge is -2.26. The second kappa shape index (κ2) is 11.1. The van der Waals surface area contributed by atoms with Gasteiger partial charge in [-0.15, -0.1) is 0 Å². The molecule has 1 N–H and O–H groups in total. The van der Waals surface area contributed by atoms with Crippen LogP contribution in [0.1, 0.15) is 48.9 Å². The molecular weight excluding hydrogens is 454 g/mol. The number of benzene rings is 3. The number of aryl methyl sites for hydroxylation is 1. The van der Waals surface area contributed by atoms with E-state index < -0.39 is 17.7 Å². The molecule has 6 nitrogen and oxygen atoms in total. The molecule has 1 fully saturated rings. The van der Waals surface area contributed by atoms with Crippen molar-refractivity contribution in [3.63, 3.8) is 0 Å². The van der Waals surface area contributed by atoms with Crippen LogP contribution >= 0.6 is 0 Å². The molecule has 1 atom stereocenters. The zero-order valence-corrected chi connectivity index (χ0v) is 20.9. The van der Waals surface area contributed by atoms with Crippen molar-refractivity contribution in [2.45, 2.75) is 39.2 Å². The number of ketones is 1. The molecule has 6 heteroatoms. The summed E-state index contributed by atoms with van der Waals surface area (Å²) < 4.78 is 11.0. The zero-order chi connectivity index (χ0) is 25.7. The molecule has 3 aromatic rings. The summed E-state index contributed by atoms with van der Waals surface area (Å²) in [5.74, 6) is -0.303. The molecule has 1 unspecified atom stereocenters. The van der Waals surface area contributed by atoms with E-state index in [1.165, 1.54) is 4.90 Å². The van der Waals surface area contributed by atoms with E-state index in [0.29, 0.717) is 29.4 Å². The Labute approximate surface area is 211 Å². The Morgan fingerprint density at radius 1 is 0.944 bits per heavy atom. The van der Waals surface area contributed by atoms with Crippen molar-refractivity contribution in [1.29, 1.82) is 0 Å². The summed E-state index contributed by atoms with van der Waals surface area (Å²) in [6.45, 7) is 4.71. The van der Waals surface area contributed by atoms with E-state index >= 15 is 0 Å². The lowest BCUT2D eigenvalue weighted by Crippen LogP contribution is -2.29. The van der Waals surface area contributed by atoms with Crippen LogP contribution in [0.25, 0.3) is 5.76 Å². The highest BCUT2D eigenvalue weighted by Crippen LogP contribution is 2.42. The van der Waals surface area contributed by atoms with Gasteiger partial charge in [0.15, 0.2) is 0 Å². The van der Waals surface area contributed by atoms with E-state index in [1.54, 1.807) is 55.6 Å². The van der Waals surface area contributed by atoms with Gasteiger partial charge in [0.25, 0.3) is 11.7 Å². The fourth-order valence-corrected chi connectivity index (χ4v) is 4.40. The molecule has 1 amide bonds. The topological polar surface area (TPSA) is 76.1 Å². The largest absolute Gasteiger partial charge is 0.507 e. The Morgan fingerprint density at radius 2 is 1.64 bits per heavy atom. The number of aliphatic hydroxyl groups is 1. The monoisotopic (exact) mass is 485 g/mol. The number of hydrogen-bond donors (Lipinski definition) is 1. The van der Waals surface area contributed by atoms with Crippen molar-refractivity contribution in [3.8, 4) is 11.5 Å². The van der Waals surface area contributed by atoms with Gasteiger partial charge in [0.05, 0.1) is 25.3 Å². The average molecular weight is 486 g/mol. The second-order valence-corrected chi connectivity index (χ2v) is 8.86. The van der Waals surface area contributed by atoms with Crippen LogP contribution in [-0.4, -0.2) is 30.5 Å². The second-order valence-electron chi connectivity index (χ2n) is 8.86. The van der Waals surface area contributed by atoms with E-state index in [1.807, 2.05) is 31.2 Å². The highest BCUT2D eigenvalue weighted by atomic mass is 16.5. The summed E-state index contributed by atoms with van der Waals surface area (Å²) in [7, 11) is 1.56. The molecule has 186 valence electrons. The summed E-state index contributed by atoms with van der Waals surface area (Å²) >= 11 is 0. The maximum atomic E-state index is 13.3. The van der Waals surface area contributed by atoms with E-state index in [-0.39, 0.29) is 11.3 Å². The predicted molar refractivity (Wildman–Crippen MR) is 140 cm³/mol. The Balaban J connectivity index is 1.75. The van der Waals surface area contributed by atoms with Crippen molar-refractivity contribution < 1.29 is 24.2 Å². The van der Waals surface area contributed by atoms with Crippen LogP contribution < -0.4 is 14.4 Å². The smallest absolute Gasteiger partial charge is 0.300 e. The SMILES string of the molecule is CCCCCOc1ccc(/C(O)=C2/C(=O)C(=O)N(c3ccc(OC)cc3)C2c2cccc(C)c2)cc1. The molecule has 3 aromatic carbocycles. The fraction of sp³-hybridized carbons (Fsp3) is 0.267. The summed E-state index contributed by atoms with van der Waals surface area (Å²) in [6, 6.07) is 20.7. The highest BCUT2D eigenvalue weighted by molar-refractivity contribution is 6.51. The van der Waals surface area contributed by atoms with E-state index in [0.717, 1.165) is 30.4 Å². The third kappa shape index (κ3) is 5.13. The molecule has 0 spiro atoms. The Kier molecular flexibility index (Phi) is 7.74. The minimum absolute atomic E-state index is 0.0537. The number of aliphatic hydroxyl groups excluding tert-OH is 1. The molecule has 0 bridgehead atoms. The van der Waals surface area contributed by atoms with Crippen LogP contribution in [0.2, 0.25) is 0 Å². The van der Waals surface area contributed by atoms with Crippen LogP contribution in [0, 0.1) is 6.92 Å². The summed E-state index contributed by atoms with van der Waals surface area (Å²) in [5, 5.41) is 11.3. The first kappa shape index (κ1) is 25.0. The van der Waals surface area contributed by atoms with Crippen LogP contribution in [-0.2, 0) is 9.59 Å². The number of anilines is 1. The molecule has 1 aliphatic heterocycles. The predicted octanol–water partition coefficient (Wildman–Crippen LogP) is 6.20. The van der Waals surface area contributed by atoms with Crippen molar-refractivity contribution in [2.75, 3.05) is 18.6 Å². The van der Waals surface area contributed by atoms with E-state index in [4.69, 9.17) is 9.47 Å². The van der Waals surface area contributed by atoms with Crippen molar-refractivity contribution >= 4 is 23.1 Å². The maximum absolute atomic E-state index is 13.3. The van der Waals surface area contributed by atoms with Gasteiger partial charge in [-0.05, 0) is 67.4 Å². The van der Waals surface area contributed by atoms with Gasteiger partial charge in [0, 0.05) is 11.3 Å². The molecule has 36 heavy (non-hydrogen) atoms. The number of methoxy groups -OCH3 is 1. The van der Waals surface area contributed by atoms with Gasteiger partial charge < -0.3 is 14.6 Å². The molecular formula is C30H31NO5. The lowest BCUT2D eigenvalue weighted by atomic mass is 9.94. The van der Waals surface area contributed by atoms with Crippen LogP contribution in [0.5, 0.6) is 11.5 Å². The molecule has 1 heterocycles. The van der Waals surface area contributed by atoms with Gasteiger partial charge in [0.1, 0.15) is 17.3 Å². The molecule has 1 saturated heterocycles. The Hall–Kier alpha value is -4.06. The van der Waals surface area contributed by atoms with Gasteiger partial charge in [-0.25, -0.2) is 0 Å². The molecule has 4 rings (SSSR count). The first-order valence-electron chi connectivity index (χ1n) is 12.2. The number of rotatable bonds is 9. The quantitative estimate of drug-likeness (QED) is 0.169. The van der Waals surface area contributed by atoms with Gasteiger partial charge in [-0.2, -0.15) is 0 Å². The van der Waals surface area contributed by atoms with Crippen molar-refractivity contribution in [2.24, 2.45) is 0 Å². The summed E-state index contributed by atoms with van der Waals surface area (Å²) in [5.41, 5.74) is 2.76. The third-order valence-corrected chi connectivity index (χ3v) is 6.30. The van der Waals surface area contributed by atoms with E-state index in [2.05, 4.69) is 6.92 Å². The summed E-state index contributed by atoms with van der Waals surface area (Å²) in [6.07, 6.45) is 3.20. The maximum Gasteiger partial charge on any atom is 0.300 e. The molecule has 0 aromatic heterocycles. The molecule has 0 aliphatic carbocycles. The number of unbranched alkanes of at least 4 members (excludes halogenated alkanes) is 2. The third-order valence-electron chi connectivity index (χ3n) is 6.30. The normalized spacial score (nSPS) is 16.9. The van der Waals surface area contributed by atoms with Crippen LogP contribution in [0.4, 0.5) is 5.69 Å². The molecule has 0 saturated carbocycles. The average Bonchev–Trinajstić information content (AvgIpc) is 3.17. The Bertz CT molecular complexity index is 1260. The minimum atomic E-state index is -0.775. The van der Waals surface area contributed by atoms with Crippen molar-refractivity contribution in [3.05, 3.63) is 95.1 Å². The minimum Gasteiger partial charge on any atom is -0.507 e. The van der Waals surface area contributed by atoms with Crippen molar-refractivity contribution in [1.82, 2.24) is 0 Å². The number of nitrogens with zero attached hydrogens (tertiary/aromatic N) is 1. The van der Waals surface area contributed by atoms with Gasteiger partial charge >= 0.3 is 0 Å². The highest BCUT2D eigenvalue weighted by Gasteiger charge is 2.47. The summed E-state index contributed by atoms with van der Waals surface area (Å²) in [4.78, 5) is 28.0. The standard InChI is InChI=1S/C30H31NO5/c1-4-5-6-18-36-25-14-10-21(11-15-25)28(32)26-27(22-9-7-8-20(2)19-22)31(30(34)29(26)33)23-12-16-24(35-3)17-13-23/h7-17,19,27,32H,4-6,18H2,1-3H3/b28-26-. The number of hydrogen-bond acceptors (Lipinski definition) is 5. The van der Waals surface area contributed by atoms with Gasteiger partial charge in [-0.3, -0.25) is 14.5 Å². The van der Waals surface area contributed by atoms with Gasteiger partial charge in [-0.1, -0.05) is 49.6 Å².